The van der Waals surface area contributed by atoms with Gasteiger partial charge in [0.05, 0.1) is 30.4 Å². The number of anilines is 1. The Hall–Kier alpha value is -1.55. The van der Waals surface area contributed by atoms with Gasteiger partial charge in [-0.1, -0.05) is 11.6 Å². The van der Waals surface area contributed by atoms with Crippen LogP contribution in [0, 0.1) is 5.92 Å². The summed E-state index contributed by atoms with van der Waals surface area (Å²) < 4.78 is 49.7. The molecular formula is C18H23ClF3N3O3. The highest BCUT2D eigenvalue weighted by Crippen LogP contribution is 2.36. The Balaban J connectivity index is 1.60. The Morgan fingerprint density at radius 2 is 2.00 bits per heavy atom. The molecule has 0 radical (unpaired) electrons. The van der Waals surface area contributed by atoms with Crippen molar-refractivity contribution in [3.8, 4) is 0 Å². The molecule has 3 rings (SSSR count). The van der Waals surface area contributed by atoms with Crippen LogP contribution in [0.3, 0.4) is 0 Å². The summed E-state index contributed by atoms with van der Waals surface area (Å²) in [5.74, 6) is 0.297. The van der Waals surface area contributed by atoms with E-state index in [1.165, 1.54) is 6.07 Å². The van der Waals surface area contributed by atoms with Crippen molar-refractivity contribution in [3.05, 3.63) is 28.8 Å². The summed E-state index contributed by atoms with van der Waals surface area (Å²) in [5.41, 5.74) is -0.956. The SMILES string of the molecule is O=C(NC[C@H]([C@@H]1CCOC1)N1CCOCC1)Nc1ccc(Cl)c(C(F)(F)F)c1. The number of nitrogens with one attached hydrogen (secondary N) is 2. The number of urea groups is 1. The summed E-state index contributed by atoms with van der Waals surface area (Å²) >= 11 is 5.60. The molecule has 2 aliphatic heterocycles. The van der Waals surface area contributed by atoms with Gasteiger partial charge in [0.2, 0.25) is 0 Å². The van der Waals surface area contributed by atoms with E-state index in [0.29, 0.717) is 38.9 Å². The van der Waals surface area contributed by atoms with Crippen LogP contribution in [0.15, 0.2) is 18.2 Å². The Labute approximate surface area is 166 Å². The van der Waals surface area contributed by atoms with Gasteiger partial charge in [0.1, 0.15) is 0 Å². The van der Waals surface area contributed by atoms with Crippen LogP contribution in [0.2, 0.25) is 5.02 Å². The Kier molecular flexibility index (Phi) is 7.03. The first-order chi connectivity index (χ1) is 13.3. The summed E-state index contributed by atoms with van der Waals surface area (Å²) in [4.78, 5) is 14.5. The number of halogens is 4. The summed E-state index contributed by atoms with van der Waals surface area (Å²) in [5, 5.41) is 4.81. The second kappa shape index (κ2) is 9.30. The van der Waals surface area contributed by atoms with Crippen LogP contribution in [0.1, 0.15) is 12.0 Å². The van der Waals surface area contributed by atoms with Gasteiger partial charge >= 0.3 is 12.2 Å². The van der Waals surface area contributed by atoms with E-state index in [-0.39, 0.29) is 11.7 Å². The van der Waals surface area contributed by atoms with E-state index in [0.717, 1.165) is 31.6 Å². The van der Waals surface area contributed by atoms with Gasteiger partial charge in [0.15, 0.2) is 0 Å². The minimum Gasteiger partial charge on any atom is -0.381 e. The molecule has 2 N–H and O–H groups in total. The van der Waals surface area contributed by atoms with Crippen LogP contribution in [0.5, 0.6) is 0 Å². The van der Waals surface area contributed by atoms with Crippen LogP contribution in [0.4, 0.5) is 23.7 Å². The normalized spacial score (nSPS) is 22.1. The van der Waals surface area contributed by atoms with Crippen LogP contribution in [-0.2, 0) is 15.7 Å². The molecule has 28 heavy (non-hydrogen) atoms. The second-order valence-electron chi connectivity index (χ2n) is 6.87. The van der Waals surface area contributed by atoms with Crippen molar-refractivity contribution in [1.82, 2.24) is 10.2 Å². The highest BCUT2D eigenvalue weighted by atomic mass is 35.5. The second-order valence-corrected chi connectivity index (χ2v) is 7.27. The summed E-state index contributed by atoms with van der Waals surface area (Å²) in [7, 11) is 0. The van der Waals surface area contributed by atoms with E-state index < -0.39 is 22.8 Å². The van der Waals surface area contributed by atoms with Crippen molar-refractivity contribution in [2.24, 2.45) is 5.92 Å². The first-order valence-electron chi connectivity index (χ1n) is 9.16. The maximum atomic E-state index is 13.0. The summed E-state index contributed by atoms with van der Waals surface area (Å²) in [6.45, 7) is 4.54. The zero-order valence-electron chi connectivity index (χ0n) is 15.2. The molecule has 1 aromatic rings. The number of benzene rings is 1. The lowest BCUT2D eigenvalue weighted by Crippen LogP contribution is -2.52. The van der Waals surface area contributed by atoms with Crippen molar-refractivity contribution in [1.29, 1.82) is 0 Å². The largest absolute Gasteiger partial charge is 0.417 e. The van der Waals surface area contributed by atoms with Crippen LogP contribution in [0.25, 0.3) is 0 Å². The average molecular weight is 422 g/mol. The fourth-order valence-electron chi connectivity index (χ4n) is 3.55. The molecule has 2 heterocycles. The van der Waals surface area contributed by atoms with E-state index in [9.17, 15) is 18.0 Å². The quantitative estimate of drug-likeness (QED) is 0.766. The summed E-state index contributed by atoms with van der Waals surface area (Å²) in [6.07, 6.45) is -3.67. The number of nitrogens with zero attached hydrogens (tertiary/aromatic N) is 1. The molecule has 0 aliphatic carbocycles. The molecule has 1 aromatic carbocycles. The maximum absolute atomic E-state index is 13.0. The van der Waals surface area contributed by atoms with Gasteiger partial charge < -0.3 is 20.1 Å². The lowest BCUT2D eigenvalue weighted by molar-refractivity contribution is -0.137. The van der Waals surface area contributed by atoms with Gasteiger partial charge in [-0.15, -0.1) is 0 Å². The molecule has 2 saturated heterocycles. The van der Waals surface area contributed by atoms with Crippen molar-refractivity contribution >= 4 is 23.3 Å². The predicted octanol–water partition coefficient (Wildman–Crippen LogP) is 3.22. The molecule has 0 spiro atoms. The fraction of sp³-hybridized carbons (Fsp3) is 0.611. The fourth-order valence-corrected chi connectivity index (χ4v) is 3.78. The Morgan fingerprint density at radius 1 is 1.25 bits per heavy atom. The molecule has 156 valence electrons. The molecule has 2 amide bonds. The molecule has 0 aromatic heterocycles. The van der Waals surface area contributed by atoms with E-state index in [1.807, 2.05) is 0 Å². The van der Waals surface area contributed by atoms with E-state index in [4.69, 9.17) is 21.1 Å². The molecule has 6 nitrogen and oxygen atoms in total. The van der Waals surface area contributed by atoms with Crippen LogP contribution in [-0.4, -0.2) is 63.0 Å². The van der Waals surface area contributed by atoms with Crippen molar-refractivity contribution in [2.75, 3.05) is 51.4 Å². The van der Waals surface area contributed by atoms with Gasteiger partial charge in [-0.25, -0.2) is 4.79 Å². The average Bonchev–Trinajstić information content (AvgIpc) is 3.18. The van der Waals surface area contributed by atoms with Crippen LogP contribution < -0.4 is 10.6 Å². The number of amides is 2. The smallest absolute Gasteiger partial charge is 0.381 e. The highest BCUT2D eigenvalue weighted by molar-refractivity contribution is 6.31. The van der Waals surface area contributed by atoms with Gasteiger partial charge in [-0.05, 0) is 24.6 Å². The third-order valence-electron chi connectivity index (χ3n) is 5.03. The monoisotopic (exact) mass is 421 g/mol. The van der Waals surface area contributed by atoms with Gasteiger partial charge in [-0.3, -0.25) is 4.90 Å². The number of carbonyl (C=O) groups is 1. The molecule has 2 aliphatic rings. The standard InChI is InChI=1S/C18H23ClF3N3O3/c19-15-2-1-13(9-14(15)18(20,21)22)24-17(26)23-10-16(12-3-6-28-11-12)25-4-7-27-8-5-25/h1-2,9,12,16H,3-8,10-11H2,(H2,23,24,26)/t12-,16-/m1/s1. The lowest BCUT2D eigenvalue weighted by Gasteiger charge is -2.37. The first-order valence-corrected chi connectivity index (χ1v) is 9.53. The van der Waals surface area contributed by atoms with E-state index in [2.05, 4.69) is 15.5 Å². The predicted molar refractivity (Wildman–Crippen MR) is 98.6 cm³/mol. The molecule has 10 heteroatoms. The Bertz CT molecular complexity index is 678. The minimum atomic E-state index is -4.59. The number of hydrogen-bond donors (Lipinski definition) is 2. The zero-order valence-corrected chi connectivity index (χ0v) is 16.0. The molecule has 2 atom stereocenters. The van der Waals surface area contributed by atoms with Gasteiger partial charge in [0, 0.05) is 43.9 Å². The first kappa shape index (κ1) is 21.2. The number of morpholine rings is 1. The van der Waals surface area contributed by atoms with Crippen LogP contribution >= 0.6 is 11.6 Å². The van der Waals surface area contributed by atoms with E-state index >= 15 is 0 Å². The molecule has 2 fully saturated rings. The molecule has 0 saturated carbocycles. The number of carbonyl (C=O) groups excluding carboxylic acids is 1. The van der Waals surface area contributed by atoms with Crippen molar-refractivity contribution in [3.63, 3.8) is 0 Å². The van der Waals surface area contributed by atoms with E-state index in [1.54, 1.807) is 0 Å². The number of ether oxygens (including phenoxy) is 2. The van der Waals surface area contributed by atoms with Crippen molar-refractivity contribution in [2.45, 2.75) is 18.6 Å². The van der Waals surface area contributed by atoms with Gasteiger partial charge in [-0.2, -0.15) is 13.2 Å². The number of alkyl halides is 3. The lowest BCUT2D eigenvalue weighted by atomic mass is 9.97. The molecule has 0 unspecified atom stereocenters. The highest BCUT2D eigenvalue weighted by Gasteiger charge is 2.34. The number of hydrogen-bond acceptors (Lipinski definition) is 4. The third kappa shape index (κ3) is 5.50. The number of rotatable bonds is 5. The maximum Gasteiger partial charge on any atom is 0.417 e. The minimum absolute atomic E-state index is 0.0290. The topological polar surface area (TPSA) is 62.8 Å². The van der Waals surface area contributed by atoms with Crippen molar-refractivity contribution < 1.29 is 27.4 Å². The third-order valence-corrected chi connectivity index (χ3v) is 5.35. The summed E-state index contributed by atoms with van der Waals surface area (Å²) in [6, 6.07) is 2.81. The molecule has 0 bridgehead atoms. The zero-order chi connectivity index (χ0) is 20.1. The molecular weight excluding hydrogens is 399 g/mol. The Morgan fingerprint density at radius 3 is 2.64 bits per heavy atom. The van der Waals surface area contributed by atoms with Gasteiger partial charge in [0.25, 0.3) is 0 Å².